The van der Waals surface area contributed by atoms with Crippen LogP contribution >= 0.6 is 15.9 Å². The molecule has 3 fully saturated rings. The molecule has 8 heteroatoms. The third-order valence-electron chi connectivity index (χ3n) is 3.17. The lowest BCUT2D eigenvalue weighted by Gasteiger charge is -2.21. The molecule has 3 saturated heterocycles. The quantitative estimate of drug-likeness (QED) is 0.391. The second-order valence-corrected chi connectivity index (χ2v) is 6.40. The first-order chi connectivity index (χ1) is 7.53. The van der Waals surface area contributed by atoms with E-state index in [2.05, 4.69) is 15.9 Å². The van der Waals surface area contributed by atoms with E-state index in [1.807, 2.05) is 0 Å². The summed E-state index contributed by atoms with van der Waals surface area (Å²) in [5.74, 6) is -0.439. The highest BCUT2D eigenvalue weighted by molar-refractivity contribution is 9.09. The maximum Gasteiger partial charge on any atom is 0.317 e. The van der Waals surface area contributed by atoms with Crippen LogP contribution in [0.2, 0.25) is 0 Å². The Hall–Kier alpha value is -0.180. The normalized spacial score (nSPS) is 47.2. The topological polar surface area (TPSA) is 78.9 Å². The first-order valence-corrected chi connectivity index (χ1v) is 7.45. The van der Waals surface area contributed by atoms with Gasteiger partial charge in [0.1, 0.15) is 22.8 Å². The summed E-state index contributed by atoms with van der Waals surface area (Å²) in [6.07, 6.45) is -1.72. The molecule has 0 aliphatic carbocycles. The lowest BCUT2D eigenvalue weighted by molar-refractivity contribution is -0.151. The number of carbonyl (C=O) groups excluding carboxylic acids is 1. The van der Waals surface area contributed by atoms with E-state index in [1.54, 1.807) is 0 Å². The molecule has 2 bridgehead atoms. The maximum atomic E-state index is 11.5. The fourth-order valence-corrected chi connectivity index (χ4v) is 4.33. The zero-order valence-corrected chi connectivity index (χ0v) is 10.4. The molecule has 90 valence electrons. The lowest BCUT2D eigenvalue weighted by atomic mass is 9.94. The average molecular weight is 313 g/mol. The van der Waals surface area contributed by atoms with Crippen LogP contribution in [0, 0.1) is 0 Å². The molecule has 0 aromatic heterocycles. The number of esters is 1. The minimum Gasteiger partial charge on any atom is -0.456 e. The van der Waals surface area contributed by atoms with Crippen molar-refractivity contribution in [2.45, 2.75) is 36.1 Å². The van der Waals surface area contributed by atoms with Crippen molar-refractivity contribution in [1.82, 2.24) is 0 Å². The van der Waals surface area contributed by atoms with E-state index < -0.39 is 39.6 Å². The molecule has 0 radical (unpaired) electrons. The number of hydrogen-bond acceptors (Lipinski definition) is 6. The van der Waals surface area contributed by atoms with Gasteiger partial charge in [-0.15, -0.1) is 0 Å². The van der Waals surface area contributed by atoms with Crippen LogP contribution in [0.3, 0.4) is 0 Å². The molecule has 0 spiro atoms. The zero-order valence-electron chi connectivity index (χ0n) is 8.04. The van der Waals surface area contributed by atoms with Gasteiger partial charge in [-0.1, -0.05) is 15.9 Å². The summed E-state index contributed by atoms with van der Waals surface area (Å²) in [6, 6.07) is 0. The van der Waals surface area contributed by atoms with Crippen LogP contribution in [0.25, 0.3) is 0 Å². The monoisotopic (exact) mass is 312 g/mol. The number of carbonyl (C=O) groups is 1. The minimum atomic E-state index is -3.53. The molecule has 6 nitrogen and oxygen atoms in total. The van der Waals surface area contributed by atoms with Crippen molar-refractivity contribution in [2.24, 2.45) is 0 Å². The average Bonchev–Trinajstić information content (AvgIpc) is 2.81. The highest BCUT2D eigenvalue weighted by Crippen LogP contribution is 2.47. The summed E-state index contributed by atoms with van der Waals surface area (Å²) in [7, 11) is -3.53. The van der Waals surface area contributed by atoms with E-state index in [9.17, 15) is 13.2 Å². The molecule has 0 saturated carbocycles. The maximum absolute atomic E-state index is 11.5. The summed E-state index contributed by atoms with van der Waals surface area (Å²) in [5.41, 5.74) is 0. The van der Waals surface area contributed by atoms with E-state index in [-0.39, 0.29) is 11.4 Å². The predicted octanol–water partition coefficient (Wildman–Crippen LogP) is -0.439. The highest BCUT2D eigenvalue weighted by Gasteiger charge is 2.67. The molecule has 16 heavy (non-hydrogen) atoms. The van der Waals surface area contributed by atoms with Crippen molar-refractivity contribution in [2.75, 3.05) is 5.33 Å². The summed E-state index contributed by atoms with van der Waals surface area (Å²) >= 11 is 2.98. The van der Waals surface area contributed by atoms with E-state index in [0.29, 0.717) is 6.42 Å². The molecule has 0 N–H and O–H groups in total. The Morgan fingerprint density at radius 2 is 2.19 bits per heavy atom. The van der Waals surface area contributed by atoms with Crippen LogP contribution < -0.4 is 0 Å². The molecule has 0 amide bonds. The number of fused-ring (bicyclic) bond motifs is 1. The van der Waals surface area contributed by atoms with Crippen LogP contribution in [-0.2, 0) is 28.6 Å². The van der Waals surface area contributed by atoms with Gasteiger partial charge < -0.3 is 9.47 Å². The molecule has 3 rings (SSSR count). The van der Waals surface area contributed by atoms with Crippen LogP contribution in [0.1, 0.15) is 6.42 Å². The Bertz CT molecular complexity index is 434. The highest BCUT2D eigenvalue weighted by atomic mass is 79.9. The van der Waals surface area contributed by atoms with E-state index in [0.717, 1.165) is 0 Å². The first-order valence-electron chi connectivity index (χ1n) is 4.86. The van der Waals surface area contributed by atoms with E-state index >= 15 is 0 Å². The van der Waals surface area contributed by atoms with Crippen molar-refractivity contribution in [3.05, 3.63) is 0 Å². The van der Waals surface area contributed by atoms with Crippen LogP contribution in [-0.4, -0.2) is 49.4 Å². The zero-order chi connectivity index (χ0) is 11.5. The molecule has 3 heterocycles. The van der Waals surface area contributed by atoms with Crippen molar-refractivity contribution in [3.8, 4) is 0 Å². The number of rotatable bonds is 2. The molecule has 5 atom stereocenters. The van der Waals surface area contributed by atoms with Crippen molar-refractivity contribution in [3.63, 3.8) is 0 Å². The van der Waals surface area contributed by atoms with Crippen molar-refractivity contribution < 1.29 is 26.9 Å². The van der Waals surface area contributed by atoms with E-state index in [1.165, 1.54) is 0 Å². The fourth-order valence-electron chi connectivity index (χ4n) is 2.55. The number of alkyl halides is 1. The fraction of sp³-hybridized carbons (Fsp3) is 0.875. The van der Waals surface area contributed by atoms with E-state index in [4.69, 9.17) is 13.7 Å². The molecule has 5 unspecified atom stereocenters. The summed E-state index contributed by atoms with van der Waals surface area (Å²) < 4.78 is 38.6. The molecule has 3 aliphatic heterocycles. The second kappa shape index (κ2) is 3.41. The van der Waals surface area contributed by atoms with Crippen LogP contribution in [0.15, 0.2) is 0 Å². The van der Waals surface area contributed by atoms with Crippen molar-refractivity contribution >= 4 is 32.0 Å². The molecular formula is C8H9BrO6S. The van der Waals surface area contributed by atoms with Crippen LogP contribution in [0.5, 0.6) is 0 Å². The Balaban J connectivity index is 1.84. The van der Waals surface area contributed by atoms with Gasteiger partial charge in [0.25, 0.3) is 10.1 Å². The predicted molar refractivity (Wildman–Crippen MR) is 54.5 cm³/mol. The van der Waals surface area contributed by atoms with Crippen molar-refractivity contribution in [1.29, 1.82) is 0 Å². The third-order valence-corrected chi connectivity index (χ3v) is 5.32. The second-order valence-electron chi connectivity index (χ2n) is 4.06. The van der Waals surface area contributed by atoms with Gasteiger partial charge in [-0.25, -0.2) is 0 Å². The Labute approximate surface area is 100 Å². The summed E-state index contributed by atoms with van der Waals surface area (Å²) in [6.45, 7) is 0. The molecule has 0 aromatic carbocycles. The molecule has 0 aromatic rings. The van der Waals surface area contributed by atoms with Gasteiger partial charge >= 0.3 is 5.97 Å². The SMILES string of the molecule is O=C(CBr)OC1C2CC3C(O2)C1OS3(=O)=O. The number of halogens is 1. The van der Waals surface area contributed by atoms with Gasteiger partial charge in [-0.05, 0) is 6.42 Å². The number of hydrogen-bond donors (Lipinski definition) is 0. The lowest BCUT2D eigenvalue weighted by Crippen LogP contribution is -2.41. The van der Waals surface area contributed by atoms with Gasteiger partial charge in [0, 0.05) is 0 Å². The largest absolute Gasteiger partial charge is 0.456 e. The number of ether oxygens (including phenoxy) is 2. The van der Waals surface area contributed by atoms with Gasteiger partial charge in [-0.3, -0.25) is 8.98 Å². The Morgan fingerprint density at radius 1 is 1.44 bits per heavy atom. The van der Waals surface area contributed by atoms with Gasteiger partial charge in [0.05, 0.1) is 6.10 Å². The standard InChI is InChI=1S/C8H9BrO6S/c9-2-5(10)14-6-3-1-4-7(13-3)8(6)15-16(4,11)12/h3-4,6-8H,1-2H2. The first kappa shape index (κ1) is 10.9. The van der Waals surface area contributed by atoms with Gasteiger partial charge in [0.15, 0.2) is 6.10 Å². The summed E-state index contributed by atoms with van der Waals surface area (Å²) in [4.78, 5) is 11.2. The molecule has 3 aliphatic rings. The Morgan fingerprint density at radius 3 is 2.88 bits per heavy atom. The van der Waals surface area contributed by atoms with Gasteiger partial charge in [0.2, 0.25) is 0 Å². The smallest absolute Gasteiger partial charge is 0.317 e. The third kappa shape index (κ3) is 1.36. The van der Waals surface area contributed by atoms with Crippen LogP contribution in [0.4, 0.5) is 0 Å². The summed E-state index contributed by atoms with van der Waals surface area (Å²) in [5, 5.41) is -0.509. The minimum absolute atomic E-state index is 0.0732. The molecular weight excluding hydrogens is 304 g/mol. The Kier molecular flexibility index (Phi) is 2.33. The van der Waals surface area contributed by atoms with Gasteiger partial charge in [-0.2, -0.15) is 8.42 Å².